The average molecular weight is 408 g/mol. The van der Waals surface area contributed by atoms with Gasteiger partial charge in [0.15, 0.2) is 5.11 Å². The van der Waals surface area contributed by atoms with Crippen LogP contribution in [-0.2, 0) is 10.0 Å². The second-order valence-electron chi connectivity index (χ2n) is 6.79. The molecule has 0 bridgehead atoms. The molecule has 0 amide bonds. The van der Waals surface area contributed by atoms with E-state index in [1.165, 1.54) is 23.3 Å². The lowest BCUT2D eigenvalue weighted by Gasteiger charge is -2.23. The highest BCUT2D eigenvalue weighted by molar-refractivity contribution is 7.89. The third-order valence-corrected chi connectivity index (χ3v) is 6.02. The van der Waals surface area contributed by atoms with E-state index in [1.807, 2.05) is 18.2 Å². The maximum absolute atomic E-state index is 12.3. The summed E-state index contributed by atoms with van der Waals surface area (Å²) in [5, 5.41) is 6.88. The van der Waals surface area contributed by atoms with Crippen molar-refractivity contribution in [3.8, 4) is 0 Å². The minimum absolute atomic E-state index is 0.0462. The first-order valence-electron chi connectivity index (χ1n) is 8.64. The van der Waals surface area contributed by atoms with E-state index in [-0.39, 0.29) is 10.9 Å². The molecule has 27 heavy (non-hydrogen) atoms. The zero-order valence-electron chi connectivity index (χ0n) is 16.1. The van der Waals surface area contributed by atoms with Crippen molar-refractivity contribution in [1.82, 2.24) is 9.62 Å². The number of nitrogens with zero attached hydrogens (tertiary/aromatic N) is 1. The van der Waals surface area contributed by atoms with E-state index < -0.39 is 10.0 Å². The van der Waals surface area contributed by atoms with Crippen LogP contribution in [0, 0.1) is 0 Å². The summed E-state index contributed by atoms with van der Waals surface area (Å²) in [6.07, 6.45) is 0. The van der Waals surface area contributed by atoms with Crippen molar-refractivity contribution in [2.24, 2.45) is 0 Å². The first kappa shape index (κ1) is 21.3. The van der Waals surface area contributed by atoms with Crippen LogP contribution in [0.25, 0.3) is 0 Å². The number of nitrogens with one attached hydrogen (secondary N) is 3. The van der Waals surface area contributed by atoms with Gasteiger partial charge in [0.05, 0.1) is 19.0 Å². The van der Waals surface area contributed by atoms with Crippen LogP contribution < -0.4 is 15.5 Å². The van der Waals surface area contributed by atoms with Crippen molar-refractivity contribution in [3.63, 3.8) is 0 Å². The Hall–Kier alpha value is -2.00. The number of benzene rings is 2. The van der Waals surface area contributed by atoms with E-state index in [4.69, 9.17) is 12.2 Å². The Bertz CT molecular complexity index is 868. The molecular formula is C19H27N4O2S2+. The van der Waals surface area contributed by atoms with Crippen molar-refractivity contribution in [3.05, 3.63) is 60.2 Å². The minimum atomic E-state index is -3.49. The smallest absolute Gasteiger partial charge is 0.242 e. The number of thiocarbonyl (C=S) groups is 1. The Morgan fingerprint density at radius 2 is 1.78 bits per heavy atom. The SMILES string of the molecule is CN(C)S(=O)(=O)c1cccc(NC(=S)N[C@@H](C[NH+](C)C)c2ccccc2)c1. The normalized spacial score (nSPS) is 12.8. The molecule has 0 heterocycles. The van der Waals surface area contributed by atoms with Gasteiger partial charge in [0.25, 0.3) is 0 Å². The molecule has 0 aliphatic carbocycles. The number of hydrogen-bond donors (Lipinski definition) is 3. The second-order valence-corrected chi connectivity index (χ2v) is 9.35. The maximum atomic E-state index is 12.3. The number of rotatable bonds is 7. The van der Waals surface area contributed by atoms with Crippen LogP contribution in [0.4, 0.5) is 5.69 Å². The van der Waals surface area contributed by atoms with Crippen LogP contribution in [0.2, 0.25) is 0 Å². The lowest BCUT2D eigenvalue weighted by Crippen LogP contribution is -3.06. The molecule has 3 N–H and O–H groups in total. The summed E-state index contributed by atoms with van der Waals surface area (Å²) >= 11 is 5.46. The summed E-state index contributed by atoms with van der Waals surface area (Å²) in [7, 11) is 3.70. The van der Waals surface area contributed by atoms with Gasteiger partial charge in [-0.05, 0) is 36.0 Å². The molecule has 1 atom stereocenters. The predicted octanol–water partition coefficient (Wildman–Crippen LogP) is 1.11. The van der Waals surface area contributed by atoms with Gasteiger partial charge in [-0.25, -0.2) is 12.7 Å². The van der Waals surface area contributed by atoms with E-state index in [9.17, 15) is 8.42 Å². The van der Waals surface area contributed by atoms with Gasteiger partial charge in [-0.15, -0.1) is 0 Å². The Labute approximate surface area is 167 Å². The minimum Gasteiger partial charge on any atom is -0.350 e. The van der Waals surface area contributed by atoms with Gasteiger partial charge in [-0.3, -0.25) is 0 Å². The number of hydrogen-bond acceptors (Lipinski definition) is 3. The monoisotopic (exact) mass is 407 g/mol. The van der Waals surface area contributed by atoms with E-state index in [0.717, 1.165) is 12.1 Å². The maximum Gasteiger partial charge on any atom is 0.242 e. The number of quaternary nitrogens is 1. The average Bonchev–Trinajstić information content (AvgIpc) is 2.61. The van der Waals surface area contributed by atoms with E-state index in [1.54, 1.807) is 24.3 Å². The molecule has 2 rings (SSSR count). The molecule has 0 spiro atoms. The highest BCUT2D eigenvalue weighted by atomic mass is 32.2. The molecule has 0 radical (unpaired) electrons. The van der Waals surface area contributed by atoms with Crippen LogP contribution in [0.1, 0.15) is 11.6 Å². The molecule has 8 heteroatoms. The topological polar surface area (TPSA) is 65.9 Å². The van der Waals surface area contributed by atoms with E-state index >= 15 is 0 Å². The Balaban J connectivity index is 2.14. The number of likely N-dealkylation sites (N-methyl/N-ethyl adjacent to an activating group) is 1. The standard InChI is InChI=1S/C19H26N4O2S2/c1-22(2)14-18(15-9-6-5-7-10-15)21-19(26)20-16-11-8-12-17(13-16)27(24,25)23(3)4/h5-13,18H,14H2,1-4H3,(H2,20,21,26)/p+1/t18-/m0/s1. The third-order valence-electron chi connectivity index (χ3n) is 3.99. The van der Waals surface area contributed by atoms with Gasteiger partial charge in [0, 0.05) is 19.8 Å². The molecule has 0 aliphatic rings. The first-order chi connectivity index (χ1) is 12.7. The zero-order chi connectivity index (χ0) is 20.0. The van der Waals surface area contributed by atoms with E-state index in [2.05, 4.69) is 36.9 Å². The summed E-state index contributed by atoms with van der Waals surface area (Å²) in [6, 6.07) is 16.8. The van der Waals surface area contributed by atoms with Crippen molar-refractivity contribution >= 4 is 33.0 Å². The quantitative estimate of drug-likeness (QED) is 0.600. The molecule has 0 saturated heterocycles. The predicted molar refractivity (Wildman–Crippen MR) is 114 cm³/mol. The van der Waals surface area contributed by atoms with Gasteiger partial charge in [0.2, 0.25) is 10.0 Å². The van der Waals surface area contributed by atoms with Gasteiger partial charge in [-0.2, -0.15) is 0 Å². The van der Waals surface area contributed by atoms with Crippen molar-refractivity contribution in [2.75, 3.05) is 40.1 Å². The van der Waals surface area contributed by atoms with Gasteiger partial charge in [-0.1, -0.05) is 36.4 Å². The zero-order valence-corrected chi connectivity index (χ0v) is 17.7. The summed E-state index contributed by atoms with van der Waals surface area (Å²) in [4.78, 5) is 1.51. The van der Waals surface area contributed by atoms with Crippen LogP contribution in [-0.4, -0.2) is 52.6 Å². The molecule has 2 aromatic rings. The Morgan fingerprint density at radius 1 is 1.11 bits per heavy atom. The third kappa shape index (κ3) is 6.00. The number of sulfonamides is 1. The molecule has 0 aliphatic heterocycles. The van der Waals surface area contributed by atoms with Crippen molar-refractivity contribution in [2.45, 2.75) is 10.9 Å². The Kier molecular flexibility index (Phi) is 7.32. The molecule has 0 fully saturated rings. The Morgan fingerprint density at radius 3 is 2.37 bits per heavy atom. The lowest BCUT2D eigenvalue weighted by molar-refractivity contribution is -0.860. The largest absolute Gasteiger partial charge is 0.350 e. The molecule has 6 nitrogen and oxygen atoms in total. The van der Waals surface area contributed by atoms with Crippen molar-refractivity contribution in [1.29, 1.82) is 0 Å². The van der Waals surface area contributed by atoms with Crippen LogP contribution in [0.3, 0.4) is 0 Å². The number of anilines is 1. The second kappa shape index (κ2) is 9.27. The lowest BCUT2D eigenvalue weighted by atomic mass is 10.1. The summed E-state index contributed by atoms with van der Waals surface area (Å²) < 4.78 is 25.8. The van der Waals surface area contributed by atoms with Crippen LogP contribution in [0.5, 0.6) is 0 Å². The highest BCUT2D eigenvalue weighted by Crippen LogP contribution is 2.18. The van der Waals surface area contributed by atoms with Gasteiger partial charge >= 0.3 is 0 Å². The fourth-order valence-electron chi connectivity index (χ4n) is 2.62. The van der Waals surface area contributed by atoms with Gasteiger partial charge in [0.1, 0.15) is 12.6 Å². The van der Waals surface area contributed by atoms with Crippen LogP contribution >= 0.6 is 12.2 Å². The van der Waals surface area contributed by atoms with E-state index in [0.29, 0.717) is 10.8 Å². The van der Waals surface area contributed by atoms with Crippen molar-refractivity contribution < 1.29 is 13.3 Å². The highest BCUT2D eigenvalue weighted by Gasteiger charge is 2.18. The molecule has 146 valence electrons. The molecule has 0 saturated carbocycles. The molecule has 0 aromatic heterocycles. The molecule has 2 aromatic carbocycles. The summed E-state index contributed by atoms with van der Waals surface area (Å²) in [6.45, 7) is 0.848. The molecular weight excluding hydrogens is 380 g/mol. The first-order valence-corrected chi connectivity index (χ1v) is 10.5. The van der Waals surface area contributed by atoms with Crippen LogP contribution in [0.15, 0.2) is 59.5 Å². The fraction of sp³-hybridized carbons (Fsp3) is 0.316. The molecule has 0 unspecified atom stereocenters. The summed E-state index contributed by atoms with van der Waals surface area (Å²) in [5.74, 6) is 0. The summed E-state index contributed by atoms with van der Waals surface area (Å²) in [5.41, 5.74) is 1.77. The van der Waals surface area contributed by atoms with Gasteiger partial charge < -0.3 is 15.5 Å². The fourth-order valence-corrected chi connectivity index (χ4v) is 3.82.